The van der Waals surface area contributed by atoms with Gasteiger partial charge in [0.25, 0.3) is 0 Å². The summed E-state index contributed by atoms with van der Waals surface area (Å²) >= 11 is 5.31. The molecule has 20 rings (SSSR count). The Balaban J connectivity index is 0.000000121. The van der Waals surface area contributed by atoms with Gasteiger partial charge in [-0.05, 0) is 291 Å². The molecule has 0 saturated heterocycles. The molecule has 23 heteroatoms. The van der Waals surface area contributed by atoms with E-state index in [0.717, 1.165) is 118 Å². The Labute approximate surface area is 754 Å². The highest BCUT2D eigenvalue weighted by molar-refractivity contribution is 7.23. The summed E-state index contributed by atoms with van der Waals surface area (Å²) in [5.74, 6) is -4.44. The number of aromatic hydroxyl groups is 6. The number of ketones is 4. The number of carbonyl (C=O) groups is 8. The van der Waals surface area contributed by atoms with Crippen LogP contribution in [-0.2, 0) is 19.2 Å². The van der Waals surface area contributed by atoms with Gasteiger partial charge in [-0.1, -0.05) is 114 Å². The number of aliphatic carboxylic acids is 4. The molecule has 4 aromatic heterocycles. The van der Waals surface area contributed by atoms with Gasteiger partial charge in [0, 0.05) is 84.9 Å². The Bertz CT molecular complexity index is 7040. The van der Waals surface area contributed by atoms with Crippen LogP contribution in [0.1, 0.15) is 166 Å². The first kappa shape index (κ1) is 86.9. The number of fused-ring (bicyclic) bond motifs is 4. The number of hydrogen-bond donors (Lipinski definition) is 10. The first-order valence-electron chi connectivity index (χ1n) is 41.7. The lowest BCUT2D eigenvalue weighted by atomic mass is 9.93. The predicted octanol–water partition coefficient (Wildman–Crippen LogP) is 24.2. The standard InChI is InChI=1S/C27H22O5S.C27H22O4S.C26H19FO4S.C26H20O5S/c1-13-9-18(29)10-14(2)23(13)25(30)26-24(19-8-7-17(28)11-22(19)33-26)16-5-3-15(4-6-16)20-12-21(20)27(31)32;1-14-9-15(2)11-18(10-14)25(29)26-24(20-8-7-19(28)12-23(20)32-26)17-5-3-16(4-6-17)21-13-22(21)27(30)31;1-13-8-16(10-17(27)9-13)24(29)25-23(19-7-6-18(28)11-22(19)32-25)15-4-2-14(3-5-15)20-12-21(20)26(30)31;1-13-10-16(27)6-8-18(13)24(29)25-23(19-9-7-17(28)11-22(19)32-25)15-4-2-14(3-5-15)20-12-21(20)26(30)31/h3-11,20-21,28-29H,12H2,1-2H3,(H,31,32);3-12,21-22,28H,13H2,1-2H3,(H,30,31);2-11,20-21,28H,12H2,1H3,(H,30,31);2-11,20-21,27-28H,12H2,1H3,(H,30,31). The van der Waals surface area contributed by atoms with Gasteiger partial charge in [-0.15, -0.1) is 45.3 Å². The Kier molecular flexibility index (Phi) is 23.5. The highest BCUT2D eigenvalue weighted by Gasteiger charge is 2.47. The maximum atomic E-state index is 14.0. The third-order valence-corrected chi connectivity index (χ3v) is 29.1. The average Bonchev–Trinajstić information content (AvgIpc) is 1.61. The first-order valence-corrected chi connectivity index (χ1v) is 45.0. The van der Waals surface area contributed by atoms with Crippen molar-refractivity contribution in [3.8, 4) is 79.0 Å². The second kappa shape index (κ2) is 34.8. The second-order valence-corrected chi connectivity index (χ2v) is 38.0. The molecular formula is C106H83FO18S4. The van der Waals surface area contributed by atoms with Crippen molar-refractivity contribution in [3.05, 3.63) is 340 Å². The van der Waals surface area contributed by atoms with E-state index in [4.69, 9.17) is 0 Å². The van der Waals surface area contributed by atoms with Crippen LogP contribution in [0.25, 0.3) is 84.9 Å². The van der Waals surface area contributed by atoms with E-state index in [0.29, 0.717) is 84.1 Å². The van der Waals surface area contributed by atoms with Crippen molar-refractivity contribution in [1.29, 1.82) is 0 Å². The molecule has 4 aliphatic carbocycles. The lowest BCUT2D eigenvalue weighted by Gasteiger charge is -2.11. The lowest BCUT2D eigenvalue weighted by Crippen LogP contribution is -2.06. The zero-order valence-corrected chi connectivity index (χ0v) is 73.5. The van der Waals surface area contributed by atoms with Gasteiger partial charge >= 0.3 is 23.9 Å². The largest absolute Gasteiger partial charge is 0.508 e. The number of thiophene rings is 4. The lowest BCUT2D eigenvalue weighted by molar-refractivity contribution is -0.139. The Hall–Kier alpha value is -14.2. The molecule has 8 unspecified atom stereocenters. The molecule has 16 aromatic rings. The van der Waals surface area contributed by atoms with Crippen molar-refractivity contribution >= 4 is 133 Å². The van der Waals surface area contributed by atoms with Gasteiger partial charge in [-0.3, -0.25) is 38.4 Å². The molecule has 8 atom stereocenters. The normalized spacial score (nSPS) is 17.4. The monoisotopic (exact) mass is 1790 g/mol. The third kappa shape index (κ3) is 17.8. The summed E-state index contributed by atoms with van der Waals surface area (Å²) in [4.78, 5) is 101. The fourth-order valence-electron chi connectivity index (χ4n) is 17.7. The Morgan fingerprint density at radius 3 is 0.829 bits per heavy atom. The molecule has 18 nitrogen and oxygen atoms in total. The van der Waals surface area contributed by atoms with Gasteiger partial charge < -0.3 is 51.1 Å². The number of phenolic OH excluding ortho intramolecular Hbond substituents is 6. The molecule has 0 bridgehead atoms. The number of benzene rings is 12. The fourth-order valence-corrected chi connectivity index (χ4v) is 22.6. The molecule has 4 aliphatic rings. The van der Waals surface area contributed by atoms with Crippen molar-refractivity contribution in [1.82, 2.24) is 0 Å². The molecule has 0 radical (unpaired) electrons. The summed E-state index contributed by atoms with van der Waals surface area (Å²) < 4.78 is 17.2. The molecule has 4 saturated carbocycles. The minimum absolute atomic E-state index is 0.0223. The van der Waals surface area contributed by atoms with Gasteiger partial charge in [-0.25, -0.2) is 4.39 Å². The van der Waals surface area contributed by atoms with Crippen molar-refractivity contribution < 1.29 is 93.8 Å². The van der Waals surface area contributed by atoms with E-state index in [2.05, 4.69) is 0 Å². The highest BCUT2D eigenvalue weighted by atomic mass is 32.1. The van der Waals surface area contributed by atoms with E-state index in [9.17, 15) is 93.8 Å². The van der Waals surface area contributed by atoms with Crippen LogP contribution >= 0.6 is 45.3 Å². The molecule has 4 fully saturated rings. The summed E-state index contributed by atoms with van der Waals surface area (Å²) in [7, 11) is 0. The SMILES string of the molecule is Cc1cc(C)cc(C(=O)c2sc3cc(O)ccc3c2-c2ccc(C3CC3C(=O)O)cc2)c1.Cc1cc(F)cc(C(=O)c2sc3cc(O)ccc3c2-c2ccc(C3CC3C(=O)O)cc2)c1.Cc1cc(O)cc(C)c1C(=O)c1sc2cc(O)ccc2c1-c1ccc(C2CC2C(=O)O)cc1.Cc1cc(O)ccc1C(=O)c1sc2cc(O)ccc2c1-c1ccc(C2CC2C(=O)O)cc1. The first-order chi connectivity index (χ1) is 61.7. The van der Waals surface area contributed by atoms with E-state index < -0.39 is 29.7 Å². The minimum Gasteiger partial charge on any atom is -0.508 e. The molecule has 646 valence electrons. The van der Waals surface area contributed by atoms with Crippen LogP contribution in [0.5, 0.6) is 34.5 Å². The van der Waals surface area contributed by atoms with E-state index in [1.807, 2.05) is 161 Å². The van der Waals surface area contributed by atoms with Crippen LogP contribution in [0.2, 0.25) is 0 Å². The third-order valence-electron chi connectivity index (χ3n) is 24.4. The zero-order chi connectivity index (χ0) is 91.1. The summed E-state index contributed by atoms with van der Waals surface area (Å²) in [6, 6.07) is 69.3. The van der Waals surface area contributed by atoms with Crippen molar-refractivity contribution in [2.45, 2.75) is 90.9 Å². The van der Waals surface area contributed by atoms with Gasteiger partial charge in [-0.2, -0.15) is 0 Å². The number of carboxylic acid groups (broad SMARTS) is 4. The number of rotatable bonds is 20. The molecule has 12 aromatic carbocycles. The van der Waals surface area contributed by atoms with Gasteiger partial charge in [0.05, 0.1) is 43.2 Å². The smallest absolute Gasteiger partial charge is 0.307 e. The summed E-state index contributed by atoms with van der Waals surface area (Å²) in [5.41, 5.74) is 17.4. The summed E-state index contributed by atoms with van der Waals surface area (Å²) in [5, 5.41) is 99.8. The molecule has 0 aliphatic heterocycles. The van der Waals surface area contributed by atoms with Crippen LogP contribution in [0.15, 0.2) is 237 Å². The topological polar surface area (TPSA) is 339 Å². The van der Waals surface area contributed by atoms with Crippen molar-refractivity contribution in [2.24, 2.45) is 23.7 Å². The van der Waals surface area contributed by atoms with Crippen LogP contribution in [-0.4, -0.2) is 98.1 Å². The van der Waals surface area contributed by atoms with Crippen LogP contribution in [0.4, 0.5) is 4.39 Å². The zero-order valence-electron chi connectivity index (χ0n) is 70.2. The van der Waals surface area contributed by atoms with E-state index in [1.54, 1.807) is 98.8 Å². The van der Waals surface area contributed by atoms with E-state index >= 15 is 0 Å². The number of carbonyl (C=O) groups excluding carboxylic acids is 4. The number of phenols is 6. The minimum atomic E-state index is -0.777. The maximum absolute atomic E-state index is 14.0. The Morgan fingerprint density at radius 1 is 0.279 bits per heavy atom. The molecule has 0 spiro atoms. The van der Waals surface area contributed by atoms with Gasteiger partial charge in [0.15, 0.2) is 0 Å². The van der Waals surface area contributed by atoms with Crippen LogP contribution < -0.4 is 0 Å². The van der Waals surface area contributed by atoms with Crippen LogP contribution in [0, 0.1) is 71.0 Å². The number of aryl methyl sites for hydroxylation is 6. The van der Waals surface area contributed by atoms with Crippen molar-refractivity contribution in [2.75, 3.05) is 0 Å². The second-order valence-electron chi connectivity index (χ2n) is 33.7. The van der Waals surface area contributed by atoms with E-state index in [1.165, 1.54) is 63.5 Å². The van der Waals surface area contributed by atoms with Gasteiger partial charge in [0.2, 0.25) is 23.1 Å². The molecular weight excluding hydrogens is 1710 g/mol. The molecule has 10 N–H and O–H groups in total. The van der Waals surface area contributed by atoms with Crippen LogP contribution in [0.3, 0.4) is 0 Å². The molecule has 129 heavy (non-hydrogen) atoms. The summed E-state index contributed by atoms with van der Waals surface area (Å²) in [6.45, 7) is 11.1. The average molecular weight is 1790 g/mol. The fraction of sp³-hybridized carbons (Fsp3) is 0.170. The highest BCUT2D eigenvalue weighted by Crippen LogP contribution is 2.54. The predicted molar refractivity (Wildman–Crippen MR) is 501 cm³/mol. The van der Waals surface area contributed by atoms with Crippen molar-refractivity contribution in [3.63, 3.8) is 0 Å². The quantitative estimate of drug-likeness (QED) is 0.0317. The molecule has 0 amide bonds. The number of hydrogen-bond acceptors (Lipinski definition) is 18. The number of halogens is 1. The van der Waals surface area contributed by atoms with Gasteiger partial charge in [0.1, 0.15) is 40.3 Å². The molecule has 4 heterocycles. The number of carboxylic acids is 4. The maximum Gasteiger partial charge on any atom is 0.307 e. The Morgan fingerprint density at radius 2 is 0.543 bits per heavy atom. The van der Waals surface area contributed by atoms with E-state index in [-0.39, 0.29) is 111 Å². The summed E-state index contributed by atoms with van der Waals surface area (Å²) in [6.07, 6.45) is 2.61.